The Hall–Kier alpha value is -1.61. The molecule has 0 aliphatic heterocycles. The Morgan fingerprint density at radius 1 is 1.26 bits per heavy atom. The van der Waals surface area contributed by atoms with Crippen LogP contribution in [0.5, 0.6) is 5.75 Å². The molecule has 6 nitrogen and oxygen atoms in total. The maximum absolute atomic E-state index is 11.4. The predicted molar refractivity (Wildman–Crippen MR) is 92.9 cm³/mol. The summed E-state index contributed by atoms with van der Waals surface area (Å²) in [6.07, 6.45) is 3.28. The number of halogens is 1. The van der Waals surface area contributed by atoms with Gasteiger partial charge in [-0.05, 0) is 37.1 Å². The smallest absolute Gasteiger partial charge is 0.340 e. The Bertz CT molecular complexity index is 526. The molecule has 0 bridgehead atoms. The van der Waals surface area contributed by atoms with Crippen LogP contribution in [0, 0.1) is 0 Å². The van der Waals surface area contributed by atoms with E-state index < -0.39 is 12.3 Å². The van der Waals surface area contributed by atoms with Crippen molar-refractivity contribution >= 4 is 41.0 Å². The Balaban J connectivity index is 2.29. The molecule has 7 heteroatoms. The number of carbonyl (C=O) groups is 2. The SMILES string of the molecule is COC(C)OC(=O)CCCOc1ccc(/C=C/C(=O)OI)cc1. The zero-order chi connectivity index (χ0) is 17.1. The highest BCUT2D eigenvalue weighted by Crippen LogP contribution is 2.14. The van der Waals surface area contributed by atoms with Crippen LogP contribution in [0.4, 0.5) is 0 Å². The molecule has 0 fully saturated rings. The minimum atomic E-state index is -0.534. The molecule has 0 radical (unpaired) electrons. The van der Waals surface area contributed by atoms with Gasteiger partial charge in [-0.1, -0.05) is 12.1 Å². The molecular formula is C16H19IO6. The number of hydrogen-bond donors (Lipinski definition) is 0. The van der Waals surface area contributed by atoms with Crippen molar-refractivity contribution in [1.29, 1.82) is 0 Å². The first-order chi connectivity index (χ1) is 11.0. The highest BCUT2D eigenvalue weighted by molar-refractivity contribution is 14.1. The normalized spacial score (nSPS) is 12.0. The first-order valence-corrected chi connectivity index (χ1v) is 7.89. The Kier molecular flexibility index (Phi) is 9.30. The van der Waals surface area contributed by atoms with Crippen molar-refractivity contribution in [3.63, 3.8) is 0 Å². The second-order valence-electron chi connectivity index (χ2n) is 4.54. The Morgan fingerprint density at radius 2 is 1.96 bits per heavy atom. The van der Waals surface area contributed by atoms with Crippen LogP contribution in [0.2, 0.25) is 0 Å². The molecule has 0 aliphatic rings. The highest BCUT2D eigenvalue weighted by Gasteiger charge is 2.07. The summed E-state index contributed by atoms with van der Waals surface area (Å²) in [5.41, 5.74) is 0.858. The van der Waals surface area contributed by atoms with Gasteiger partial charge in [0.15, 0.2) is 29.3 Å². The zero-order valence-corrected chi connectivity index (χ0v) is 15.1. The average Bonchev–Trinajstić information content (AvgIpc) is 2.57. The van der Waals surface area contributed by atoms with Crippen molar-refractivity contribution in [2.45, 2.75) is 26.1 Å². The summed E-state index contributed by atoms with van der Waals surface area (Å²) >= 11 is 1.53. The second-order valence-corrected chi connectivity index (χ2v) is 4.98. The van der Waals surface area contributed by atoms with E-state index in [0.29, 0.717) is 18.8 Å². The summed E-state index contributed by atoms with van der Waals surface area (Å²) in [7, 11) is 1.48. The standard InChI is InChI=1S/C16H19IO6/c1-12(20-2)22-15(18)4-3-11-21-14-8-5-13(6-9-14)7-10-16(19)23-17/h5-10,12H,3-4,11H2,1-2H3/b10-7+. The predicted octanol–water partition coefficient (Wildman–Crippen LogP) is 3.29. The fraction of sp³-hybridized carbons (Fsp3) is 0.375. The molecule has 1 atom stereocenters. The molecule has 0 saturated heterocycles. The van der Waals surface area contributed by atoms with Gasteiger partial charge in [0, 0.05) is 19.6 Å². The monoisotopic (exact) mass is 434 g/mol. The number of ether oxygens (including phenoxy) is 3. The van der Waals surface area contributed by atoms with Crippen molar-refractivity contribution in [2.24, 2.45) is 0 Å². The molecule has 1 unspecified atom stereocenters. The molecule has 0 spiro atoms. The summed E-state index contributed by atoms with van der Waals surface area (Å²) in [4.78, 5) is 22.4. The number of benzene rings is 1. The molecule has 0 N–H and O–H groups in total. The van der Waals surface area contributed by atoms with Crippen LogP contribution in [-0.2, 0) is 22.1 Å². The zero-order valence-electron chi connectivity index (χ0n) is 13.0. The van der Waals surface area contributed by atoms with Crippen molar-refractivity contribution in [1.82, 2.24) is 0 Å². The molecule has 0 aromatic heterocycles. The van der Waals surface area contributed by atoms with E-state index in [1.165, 1.54) is 36.2 Å². The van der Waals surface area contributed by atoms with Gasteiger partial charge in [0.1, 0.15) is 5.75 Å². The molecule has 1 aromatic carbocycles. The Morgan fingerprint density at radius 3 is 2.57 bits per heavy atom. The van der Waals surface area contributed by atoms with Crippen LogP contribution in [-0.4, -0.2) is 31.9 Å². The molecule has 0 aliphatic carbocycles. The lowest BCUT2D eigenvalue weighted by atomic mass is 10.2. The quantitative estimate of drug-likeness (QED) is 0.195. The summed E-state index contributed by atoms with van der Waals surface area (Å²) in [5.74, 6) is -0.0385. The van der Waals surface area contributed by atoms with E-state index in [-0.39, 0.29) is 12.4 Å². The van der Waals surface area contributed by atoms with E-state index in [1.54, 1.807) is 25.1 Å². The van der Waals surface area contributed by atoms with Gasteiger partial charge in [-0.2, -0.15) is 0 Å². The van der Waals surface area contributed by atoms with Crippen molar-refractivity contribution in [3.8, 4) is 5.75 Å². The van der Waals surface area contributed by atoms with Crippen molar-refractivity contribution in [3.05, 3.63) is 35.9 Å². The van der Waals surface area contributed by atoms with E-state index in [2.05, 4.69) is 3.07 Å². The van der Waals surface area contributed by atoms with Crippen LogP contribution in [0.25, 0.3) is 6.08 Å². The summed E-state index contributed by atoms with van der Waals surface area (Å²) < 4.78 is 19.8. The highest BCUT2D eigenvalue weighted by atomic mass is 127. The average molecular weight is 434 g/mol. The molecule has 23 heavy (non-hydrogen) atoms. The van der Waals surface area contributed by atoms with Gasteiger partial charge in [0.2, 0.25) is 0 Å². The third-order valence-corrected chi connectivity index (χ3v) is 3.23. The molecule has 0 saturated carbocycles. The van der Waals surface area contributed by atoms with Crippen LogP contribution in [0.3, 0.4) is 0 Å². The first-order valence-electron chi connectivity index (χ1n) is 7.01. The lowest BCUT2D eigenvalue weighted by Crippen LogP contribution is -2.16. The summed E-state index contributed by atoms with van der Waals surface area (Å²) in [6.45, 7) is 2.07. The number of rotatable bonds is 9. The van der Waals surface area contributed by atoms with E-state index >= 15 is 0 Å². The first kappa shape index (κ1) is 19.4. The van der Waals surface area contributed by atoms with Gasteiger partial charge < -0.3 is 17.3 Å². The number of methoxy groups -OCH3 is 1. The molecule has 126 valence electrons. The summed E-state index contributed by atoms with van der Waals surface area (Å²) in [5, 5.41) is 0. The van der Waals surface area contributed by atoms with Gasteiger partial charge in [-0.15, -0.1) is 0 Å². The van der Waals surface area contributed by atoms with Gasteiger partial charge in [0.25, 0.3) is 0 Å². The fourth-order valence-electron chi connectivity index (χ4n) is 1.56. The largest absolute Gasteiger partial charge is 0.494 e. The molecular weight excluding hydrogens is 415 g/mol. The van der Waals surface area contributed by atoms with Crippen LogP contribution < -0.4 is 4.74 Å². The van der Waals surface area contributed by atoms with Gasteiger partial charge in [-0.3, -0.25) is 4.79 Å². The van der Waals surface area contributed by atoms with Crippen LogP contribution in [0.15, 0.2) is 30.3 Å². The number of carbonyl (C=O) groups excluding carboxylic acids is 2. The van der Waals surface area contributed by atoms with Gasteiger partial charge in [0.05, 0.1) is 6.61 Å². The minimum Gasteiger partial charge on any atom is -0.494 e. The maximum Gasteiger partial charge on any atom is 0.340 e. The molecule has 1 aromatic rings. The second kappa shape index (κ2) is 11.0. The number of hydrogen-bond acceptors (Lipinski definition) is 6. The minimum absolute atomic E-state index is 0.271. The van der Waals surface area contributed by atoms with Crippen molar-refractivity contribution in [2.75, 3.05) is 13.7 Å². The fourth-order valence-corrected chi connectivity index (χ4v) is 1.71. The lowest BCUT2D eigenvalue weighted by molar-refractivity contribution is -0.170. The topological polar surface area (TPSA) is 71.1 Å². The third kappa shape index (κ3) is 8.56. The van der Waals surface area contributed by atoms with E-state index in [4.69, 9.17) is 14.2 Å². The van der Waals surface area contributed by atoms with Crippen molar-refractivity contribution < 1.29 is 26.9 Å². The third-order valence-electron chi connectivity index (χ3n) is 2.79. The van der Waals surface area contributed by atoms with E-state index in [9.17, 15) is 9.59 Å². The molecule has 1 rings (SSSR count). The van der Waals surface area contributed by atoms with Gasteiger partial charge in [-0.25, -0.2) is 4.79 Å². The molecule has 0 amide bonds. The maximum atomic E-state index is 11.4. The van der Waals surface area contributed by atoms with E-state index in [0.717, 1.165) is 5.56 Å². The lowest BCUT2D eigenvalue weighted by Gasteiger charge is -2.11. The Labute approximate surface area is 149 Å². The van der Waals surface area contributed by atoms with Gasteiger partial charge >= 0.3 is 11.9 Å². The summed E-state index contributed by atoms with van der Waals surface area (Å²) in [6, 6.07) is 7.22. The number of esters is 1. The molecule has 0 heterocycles. The van der Waals surface area contributed by atoms with Crippen LogP contribution >= 0.6 is 23.0 Å². The van der Waals surface area contributed by atoms with Crippen LogP contribution in [0.1, 0.15) is 25.3 Å². The van der Waals surface area contributed by atoms with E-state index in [1.807, 2.05) is 12.1 Å².